The number of carbonyl (C=O) groups excluding carboxylic acids is 1. The minimum atomic E-state index is -5.22. The van der Waals surface area contributed by atoms with Gasteiger partial charge in [0.15, 0.2) is 5.78 Å². The molecule has 1 nitrogen and oxygen atoms in total. The Hall–Kier alpha value is -1.63. The van der Waals surface area contributed by atoms with E-state index in [1.54, 1.807) is 0 Å². The Bertz CT molecular complexity index is 1150. The predicted molar refractivity (Wildman–Crippen MR) is 123 cm³/mol. The molecular formula is C22H13Cl3F10OS. The second-order valence-electron chi connectivity index (χ2n) is 7.41. The zero-order valence-corrected chi connectivity index (χ0v) is 21.0. The van der Waals surface area contributed by atoms with Crippen molar-refractivity contribution >= 4 is 58.2 Å². The molecule has 0 radical (unpaired) electrons. The Balaban J connectivity index is 2.44. The fraction of sp³-hybridized carbons (Fsp3) is 0.318. The number of Topliss-reactive ketones (excluding diaryl/α,β-unsaturated/α-hetero) is 1. The van der Waals surface area contributed by atoms with E-state index in [1.165, 1.54) is 0 Å². The number of rotatable bonds is 8. The SMILES string of the molecule is O=C(CCCSC(F)(F)F)c1ccc(/C(F)=C/C(c2cc(Cl)c(Cl)c(Cl)c2)C(F)(F)F)cc1C(F)(F)F. The molecule has 1 atom stereocenters. The van der Waals surface area contributed by atoms with Gasteiger partial charge in [-0.25, -0.2) is 4.39 Å². The average Bonchev–Trinajstić information content (AvgIpc) is 2.75. The minimum Gasteiger partial charge on any atom is -0.294 e. The topological polar surface area (TPSA) is 17.1 Å². The van der Waals surface area contributed by atoms with Gasteiger partial charge in [-0.15, -0.1) is 0 Å². The molecule has 204 valence electrons. The molecular weight excluding hydrogens is 609 g/mol. The van der Waals surface area contributed by atoms with Crippen LogP contribution in [0.2, 0.25) is 15.1 Å². The number of hydrogen-bond acceptors (Lipinski definition) is 2. The highest BCUT2D eigenvalue weighted by atomic mass is 35.5. The highest BCUT2D eigenvalue weighted by molar-refractivity contribution is 8.00. The normalized spacial score (nSPS) is 14.1. The van der Waals surface area contributed by atoms with Crippen molar-refractivity contribution in [1.82, 2.24) is 0 Å². The molecule has 0 N–H and O–H groups in total. The maximum absolute atomic E-state index is 14.9. The first-order valence-corrected chi connectivity index (χ1v) is 12.0. The molecule has 2 rings (SSSR count). The quantitative estimate of drug-likeness (QED) is 0.126. The first-order valence-electron chi connectivity index (χ1n) is 9.85. The van der Waals surface area contributed by atoms with Crippen molar-refractivity contribution in [3.05, 3.63) is 73.7 Å². The third kappa shape index (κ3) is 8.97. The molecule has 0 aliphatic heterocycles. The minimum absolute atomic E-state index is 0.0151. The van der Waals surface area contributed by atoms with E-state index in [1.807, 2.05) is 0 Å². The number of allylic oxidation sites excluding steroid dienone is 1. The van der Waals surface area contributed by atoms with Gasteiger partial charge in [0.2, 0.25) is 0 Å². The Kier molecular flexibility index (Phi) is 10.3. The van der Waals surface area contributed by atoms with Gasteiger partial charge in [-0.3, -0.25) is 4.79 Å². The van der Waals surface area contributed by atoms with Crippen molar-refractivity contribution in [2.75, 3.05) is 5.75 Å². The Morgan fingerprint density at radius 1 is 0.919 bits per heavy atom. The number of hydrogen-bond donors (Lipinski definition) is 0. The third-order valence-electron chi connectivity index (χ3n) is 4.75. The molecule has 0 heterocycles. The monoisotopic (exact) mass is 620 g/mol. The van der Waals surface area contributed by atoms with Crippen LogP contribution in [0.5, 0.6) is 0 Å². The van der Waals surface area contributed by atoms with E-state index in [0.29, 0.717) is 12.1 Å². The molecule has 15 heteroatoms. The molecule has 1 unspecified atom stereocenters. The van der Waals surface area contributed by atoms with Crippen molar-refractivity contribution in [1.29, 1.82) is 0 Å². The summed E-state index contributed by atoms with van der Waals surface area (Å²) in [6, 6.07) is 2.92. The van der Waals surface area contributed by atoms with Crippen LogP contribution in [-0.2, 0) is 6.18 Å². The lowest BCUT2D eigenvalue weighted by Crippen LogP contribution is -2.19. The summed E-state index contributed by atoms with van der Waals surface area (Å²) < 4.78 is 133. The van der Waals surface area contributed by atoms with Crippen molar-refractivity contribution in [2.45, 2.75) is 36.6 Å². The molecule has 2 aromatic rings. The molecule has 0 fully saturated rings. The van der Waals surface area contributed by atoms with Crippen LogP contribution in [0.1, 0.15) is 45.8 Å². The van der Waals surface area contributed by atoms with Crippen LogP contribution in [-0.4, -0.2) is 23.2 Å². The van der Waals surface area contributed by atoms with Gasteiger partial charge in [0.25, 0.3) is 0 Å². The molecule has 2 aromatic carbocycles. The van der Waals surface area contributed by atoms with Crippen molar-refractivity contribution < 1.29 is 48.7 Å². The van der Waals surface area contributed by atoms with Crippen LogP contribution in [0.25, 0.3) is 5.83 Å². The van der Waals surface area contributed by atoms with E-state index >= 15 is 0 Å². The predicted octanol–water partition coefficient (Wildman–Crippen LogP) is 10.5. The van der Waals surface area contributed by atoms with Gasteiger partial charge in [0.1, 0.15) is 11.7 Å². The van der Waals surface area contributed by atoms with Crippen molar-refractivity contribution in [3.63, 3.8) is 0 Å². The van der Waals surface area contributed by atoms with Crippen molar-refractivity contribution in [3.8, 4) is 0 Å². The Morgan fingerprint density at radius 2 is 1.49 bits per heavy atom. The number of thioether (sulfide) groups is 1. The highest BCUT2D eigenvalue weighted by Crippen LogP contribution is 2.43. The maximum atomic E-state index is 14.9. The molecule has 0 spiro atoms. The lowest BCUT2D eigenvalue weighted by atomic mass is 9.94. The van der Waals surface area contributed by atoms with Crippen molar-refractivity contribution in [2.24, 2.45) is 0 Å². The first-order chi connectivity index (χ1) is 16.8. The molecule has 0 saturated carbocycles. The van der Waals surface area contributed by atoms with E-state index in [9.17, 15) is 48.7 Å². The van der Waals surface area contributed by atoms with Gasteiger partial charge < -0.3 is 0 Å². The molecule has 0 aromatic heterocycles. The van der Waals surface area contributed by atoms with Gasteiger partial charge in [0, 0.05) is 23.3 Å². The summed E-state index contributed by atoms with van der Waals surface area (Å²) >= 11 is 16.7. The zero-order valence-electron chi connectivity index (χ0n) is 17.9. The van der Waals surface area contributed by atoms with E-state index in [2.05, 4.69) is 0 Å². The van der Waals surface area contributed by atoms with Gasteiger partial charge in [-0.05, 0) is 36.3 Å². The smallest absolute Gasteiger partial charge is 0.294 e. The summed E-state index contributed by atoms with van der Waals surface area (Å²) in [6.07, 6.45) is -11.4. The van der Waals surface area contributed by atoms with E-state index in [0.717, 1.165) is 12.1 Å². The Morgan fingerprint density at radius 3 is 1.97 bits per heavy atom. The number of halogens is 13. The number of ketones is 1. The number of carbonyl (C=O) groups is 1. The van der Waals surface area contributed by atoms with Gasteiger partial charge in [-0.1, -0.05) is 58.7 Å². The fourth-order valence-electron chi connectivity index (χ4n) is 3.10. The second-order valence-corrected chi connectivity index (χ2v) is 9.76. The van der Waals surface area contributed by atoms with Crippen LogP contribution in [0.3, 0.4) is 0 Å². The van der Waals surface area contributed by atoms with Crippen LogP contribution < -0.4 is 0 Å². The summed E-state index contributed by atoms with van der Waals surface area (Å²) in [5.74, 6) is -6.12. The van der Waals surface area contributed by atoms with Gasteiger partial charge >= 0.3 is 17.9 Å². The lowest BCUT2D eigenvalue weighted by Gasteiger charge is -2.19. The summed E-state index contributed by atoms with van der Waals surface area (Å²) in [4.78, 5) is 12.2. The average molecular weight is 622 g/mol. The molecule has 37 heavy (non-hydrogen) atoms. The van der Waals surface area contributed by atoms with E-state index < -0.39 is 88.0 Å². The van der Waals surface area contributed by atoms with E-state index in [-0.39, 0.29) is 27.2 Å². The largest absolute Gasteiger partial charge is 0.441 e. The third-order valence-corrected chi connectivity index (χ3v) is 6.76. The number of benzene rings is 2. The van der Waals surface area contributed by atoms with Crippen LogP contribution >= 0.6 is 46.6 Å². The molecule has 0 aliphatic rings. The van der Waals surface area contributed by atoms with Gasteiger partial charge in [0.05, 0.1) is 20.6 Å². The molecule has 0 bridgehead atoms. The van der Waals surface area contributed by atoms with Crippen LogP contribution in [0, 0.1) is 0 Å². The second kappa shape index (κ2) is 12.0. The van der Waals surface area contributed by atoms with E-state index in [4.69, 9.17) is 34.8 Å². The number of alkyl halides is 9. The molecule has 0 aliphatic carbocycles. The Labute approximate surface area is 222 Å². The fourth-order valence-corrected chi connectivity index (χ4v) is 4.24. The summed E-state index contributed by atoms with van der Waals surface area (Å²) in [6.45, 7) is 0. The summed E-state index contributed by atoms with van der Waals surface area (Å²) in [7, 11) is 0. The summed E-state index contributed by atoms with van der Waals surface area (Å²) in [5.41, 5.74) is -8.74. The molecule has 0 saturated heterocycles. The van der Waals surface area contributed by atoms with Crippen LogP contribution in [0.15, 0.2) is 36.4 Å². The first kappa shape index (κ1) is 31.6. The van der Waals surface area contributed by atoms with Gasteiger partial charge in [-0.2, -0.15) is 39.5 Å². The highest BCUT2D eigenvalue weighted by Gasteiger charge is 2.41. The lowest BCUT2D eigenvalue weighted by molar-refractivity contribution is -0.140. The maximum Gasteiger partial charge on any atom is 0.441 e. The van der Waals surface area contributed by atoms with Crippen LogP contribution in [0.4, 0.5) is 43.9 Å². The standard InChI is InChI=1S/C22H13Cl3F10OS/c23-15-7-11(8-16(24)19(15)25)13(20(27,28)29)9-17(26)10-3-4-12(14(6-10)21(30,31)32)18(36)2-1-5-37-22(33,34)35/h3-4,6-9,13H,1-2,5H2/b17-9-. The molecule has 0 amide bonds. The zero-order chi connectivity index (χ0) is 28.3. The summed E-state index contributed by atoms with van der Waals surface area (Å²) in [5, 5.41) is -1.00.